The number of hydrogen-bond acceptors (Lipinski definition) is 6. The first-order valence-corrected chi connectivity index (χ1v) is 11.8. The van der Waals surface area contributed by atoms with Crippen molar-refractivity contribution >= 4 is 27.6 Å². The maximum atomic E-state index is 13.6. The van der Waals surface area contributed by atoms with Crippen LogP contribution in [-0.2, 0) is 0 Å². The van der Waals surface area contributed by atoms with Crippen molar-refractivity contribution in [2.24, 2.45) is 0 Å². The van der Waals surface area contributed by atoms with Crippen LogP contribution in [0, 0.1) is 0 Å². The maximum Gasteiger partial charge on any atom is 0.265 e. The molecule has 5 heterocycles. The van der Waals surface area contributed by atoms with Crippen LogP contribution < -0.4 is 11.3 Å². The molecule has 0 aliphatic heterocycles. The molecule has 178 valence electrons. The lowest BCUT2D eigenvalue weighted by Crippen LogP contribution is -2.40. The van der Waals surface area contributed by atoms with Gasteiger partial charge in [-0.05, 0) is 49.4 Å². The number of benzene rings is 1. The third-order valence-corrected chi connectivity index (χ3v) is 7.16. The summed E-state index contributed by atoms with van der Waals surface area (Å²) >= 11 is 0. The molecule has 1 fully saturated rings. The van der Waals surface area contributed by atoms with E-state index in [1.165, 1.54) is 0 Å². The Hall–Kier alpha value is -4.50. The molecular weight excluding hydrogens is 454 g/mol. The van der Waals surface area contributed by atoms with Gasteiger partial charge >= 0.3 is 0 Å². The van der Waals surface area contributed by atoms with Crippen molar-refractivity contribution in [3.8, 4) is 17.2 Å². The van der Waals surface area contributed by atoms with Crippen LogP contribution in [0.1, 0.15) is 31.5 Å². The fourth-order valence-corrected chi connectivity index (χ4v) is 5.41. The SMILES string of the molecule is CC1(O)CC(c2nc(-c3ccc4ccn(-c5ncc6ccccn56)c(=O)c4c3)c3c(N)nccn23)C1. The van der Waals surface area contributed by atoms with Crippen LogP contribution in [-0.4, -0.2) is 39.0 Å². The number of nitrogens with zero attached hydrogens (tertiary/aromatic N) is 6. The summed E-state index contributed by atoms with van der Waals surface area (Å²) in [6.45, 7) is 1.84. The third kappa shape index (κ3) is 2.99. The Balaban J connectivity index is 1.42. The minimum Gasteiger partial charge on any atom is -0.390 e. The predicted molar refractivity (Wildman–Crippen MR) is 137 cm³/mol. The normalized spacial score (nSPS) is 19.8. The Morgan fingerprint density at radius 2 is 1.92 bits per heavy atom. The Morgan fingerprint density at radius 3 is 2.75 bits per heavy atom. The van der Waals surface area contributed by atoms with E-state index in [1.54, 1.807) is 23.2 Å². The zero-order valence-electron chi connectivity index (χ0n) is 19.5. The van der Waals surface area contributed by atoms with Gasteiger partial charge in [0, 0.05) is 41.7 Å². The highest BCUT2D eigenvalue weighted by Gasteiger charge is 2.41. The fraction of sp³-hybridized carbons (Fsp3) is 0.185. The Labute approximate surface area is 205 Å². The summed E-state index contributed by atoms with van der Waals surface area (Å²) < 4.78 is 5.40. The summed E-state index contributed by atoms with van der Waals surface area (Å²) in [5.41, 5.74) is 8.51. The van der Waals surface area contributed by atoms with E-state index in [2.05, 4.69) is 9.97 Å². The molecule has 0 bridgehead atoms. The minimum atomic E-state index is -0.680. The van der Waals surface area contributed by atoms with Crippen molar-refractivity contribution in [3.05, 3.63) is 89.6 Å². The van der Waals surface area contributed by atoms with E-state index in [0.29, 0.717) is 41.2 Å². The molecule has 1 aliphatic carbocycles. The van der Waals surface area contributed by atoms with Crippen molar-refractivity contribution in [1.29, 1.82) is 0 Å². The Bertz CT molecular complexity index is 1870. The molecule has 0 radical (unpaired) electrons. The largest absolute Gasteiger partial charge is 0.390 e. The van der Waals surface area contributed by atoms with Gasteiger partial charge in [0.25, 0.3) is 5.56 Å². The number of anilines is 1. The van der Waals surface area contributed by atoms with E-state index < -0.39 is 5.60 Å². The lowest BCUT2D eigenvalue weighted by atomic mass is 9.72. The molecule has 6 aromatic rings. The number of aromatic nitrogens is 6. The van der Waals surface area contributed by atoms with Crippen LogP contribution in [0.5, 0.6) is 0 Å². The van der Waals surface area contributed by atoms with Crippen LogP contribution in [0.15, 0.2) is 78.2 Å². The van der Waals surface area contributed by atoms with Crippen molar-refractivity contribution in [2.75, 3.05) is 5.73 Å². The summed E-state index contributed by atoms with van der Waals surface area (Å²) in [5.74, 6) is 1.86. The fourth-order valence-electron chi connectivity index (χ4n) is 5.41. The van der Waals surface area contributed by atoms with Crippen LogP contribution >= 0.6 is 0 Å². The van der Waals surface area contributed by atoms with E-state index in [4.69, 9.17) is 10.7 Å². The molecule has 3 N–H and O–H groups in total. The number of nitrogens with two attached hydrogens (primary N) is 1. The monoisotopic (exact) mass is 477 g/mol. The van der Waals surface area contributed by atoms with Gasteiger partial charge in [0.1, 0.15) is 22.9 Å². The summed E-state index contributed by atoms with van der Waals surface area (Å²) in [5, 5.41) is 11.7. The molecule has 7 rings (SSSR count). The molecule has 9 nitrogen and oxygen atoms in total. The predicted octanol–water partition coefficient (Wildman–Crippen LogP) is 3.56. The highest BCUT2D eigenvalue weighted by Crippen LogP contribution is 2.45. The lowest BCUT2D eigenvalue weighted by Gasteiger charge is -2.40. The van der Waals surface area contributed by atoms with Crippen molar-refractivity contribution in [1.82, 2.24) is 28.3 Å². The number of hydrogen-bond donors (Lipinski definition) is 2. The van der Waals surface area contributed by atoms with Crippen molar-refractivity contribution in [2.45, 2.75) is 31.3 Å². The quantitative estimate of drug-likeness (QED) is 0.403. The smallest absolute Gasteiger partial charge is 0.265 e. The standard InChI is InChI=1S/C27H23N7O2/c1-27(36)13-18(14-27)24-31-21(22-23(28)29-8-11-33(22)24)17-6-5-16-7-10-34(25(35)20(16)12-17)26-30-15-19-4-2-3-9-32(19)26/h2-12,15,18,36H,13-14H2,1H3,(H2,28,29). The van der Waals surface area contributed by atoms with E-state index in [0.717, 1.165) is 22.3 Å². The van der Waals surface area contributed by atoms with E-state index in [-0.39, 0.29) is 11.5 Å². The molecule has 0 amide bonds. The summed E-state index contributed by atoms with van der Waals surface area (Å²) in [6.07, 6.45) is 10.2. The summed E-state index contributed by atoms with van der Waals surface area (Å²) in [7, 11) is 0. The molecule has 0 spiro atoms. The van der Waals surface area contributed by atoms with Gasteiger partial charge in [0.15, 0.2) is 0 Å². The Morgan fingerprint density at radius 1 is 1.06 bits per heavy atom. The molecule has 1 saturated carbocycles. The molecular formula is C27H23N7O2. The molecule has 9 heteroatoms. The first-order valence-electron chi connectivity index (χ1n) is 11.8. The number of imidazole rings is 2. The maximum absolute atomic E-state index is 13.6. The van der Waals surface area contributed by atoms with Gasteiger partial charge in [-0.2, -0.15) is 0 Å². The highest BCUT2D eigenvalue weighted by molar-refractivity contribution is 5.91. The zero-order chi connectivity index (χ0) is 24.6. The van der Waals surface area contributed by atoms with E-state index >= 15 is 0 Å². The molecule has 5 aromatic heterocycles. The lowest BCUT2D eigenvalue weighted by molar-refractivity contribution is -0.0335. The van der Waals surface area contributed by atoms with Crippen molar-refractivity contribution < 1.29 is 5.11 Å². The molecule has 36 heavy (non-hydrogen) atoms. The van der Waals surface area contributed by atoms with Crippen LogP contribution in [0.25, 0.3) is 39.0 Å². The second kappa shape index (κ2) is 7.25. The zero-order valence-corrected chi connectivity index (χ0v) is 19.5. The first kappa shape index (κ1) is 20.8. The van der Waals surface area contributed by atoms with Gasteiger partial charge in [-0.1, -0.05) is 18.2 Å². The van der Waals surface area contributed by atoms with Crippen LogP contribution in [0.2, 0.25) is 0 Å². The third-order valence-electron chi connectivity index (χ3n) is 7.16. The topological polar surface area (TPSA) is 116 Å². The minimum absolute atomic E-state index is 0.120. The number of pyridine rings is 2. The molecule has 0 saturated heterocycles. The number of aliphatic hydroxyl groups is 1. The number of rotatable bonds is 3. The second-order valence-electron chi connectivity index (χ2n) is 9.80. The molecule has 1 aromatic carbocycles. The van der Waals surface area contributed by atoms with Crippen LogP contribution in [0.4, 0.5) is 5.82 Å². The van der Waals surface area contributed by atoms with Gasteiger partial charge in [-0.15, -0.1) is 0 Å². The average molecular weight is 478 g/mol. The molecule has 0 unspecified atom stereocenters. The summed E-state index contributed by atoms with van der Waals surface area (Å²) in [6, 6.07) is 13.4. The first-order chi connectivity index (χ1) is 17.4. The summed E-state index contributed by atoms with van der Waals surface area (Å²) in [4.78, 5) is 27.4. The second-order valence-corrected chi connectivity index (χ2v) is 9.80. The van der Waals surface area contributed by atoms with E-state index in [1.807, 2.05) is 70.6 Å². The van der Waals surface area contributed by atoms with Crippen molar-refractivity contribution in [3.63, 3.8) is 0 Å². The van der Waals surface area contributed by atoms with Gasteiger partial charge in [0.05, 0.1) is 17.3 Å². The van der Waals surface area contributed by atoms with Gasteiger partial charge in [-0.3, -0.25) is 18.2 Å². The van der Waals surface area contributed by atoms with Crippen LogP contribution in [0.3, 0.4) is 0 Å². The van der Waals surface area contributed by atoms with Gasteiger partial charge < -0.3 is 10.8 Å². The number of nitrogen functional groups attached to an aromatic ring is 1. The van der Waals surface area contributed by atoms with E-state index in [9.17, 15) is 9.90 Å². The molecule has 0 atom stereocenters. The Kier molecular flexibility index (Phi) is 4.20. The average Bonchev–Trinajstić information content (AvgIpc) is 3.46. The van der Waals surface area contributed by atoms with Gasteiger partial charge in [0.2, 0.25) is 5.95 Å². The number of fused-ring (bicyclic) bond motifs is 3. The molecule has 1 aliphatic rings. The highest BCUT2D eigenvalue weighted by atomic mass is 16.3. The van der Waals surface area contributed by atoms with Gasteiger partial charge in [-0.25, -0.2) is 15.0 Å².